The van der Waals surface area contributed by atoms with Gasteiger partial charge >= 0.3 is 6.03 Å². The third kappa shape index (κ3) is 3.97. The van der Waals surface area contributed by atoms with Gasteiger partial charge in [-0.25, -0.2) is 9.78 Å². The van der Waals surface area contributed by atoms with E-state index in [0.717, 1.165) is 27.7 Å². The lowest BCUT2D eigenvalue weighted by molar-refractivity contribution is 0.172. The number of amides is 2. The monoisotopic (exact) mass is 338 g/mol. The quantitative estimate of drug-likeness (QED) is 0.576. The Morgan fingerprint density at radius 3 is 2.64 bits per heavy atom. The number of nitrogens with zero attached hydrogens (tertiary/aromatic N) is 1. The molecule has 130 valence electrons. The topological polar surface area (TPSA) is 90.0 Å². The van der Waals surface area contributed by atoms with Crippen molar-refractivity contribution in [1.82, 2.24) is 20.6 Å². The van der Waals surface area contributed by atoms with Crippen molar-refractivity contribution in [3.05, 3.63) is 65.0 Å². The molecule has 1 unspecified atom stereocenters. The Labute approximate surface area is 146 Å². The molecule has 0 saturated carbocycles. The van der Waals surface area contributed by atoms with E-state index >= 15 is 0 Å². The van der Waals surface area contributed by atoms with Crippen LogP contribution in [0.15, 0.2) is 42.5 Å². The first-order valence-corrected chi connectivity index (χ1v) is 8.24. The molecule has 0 aliphatic carbocycles. The second-order valence-corrected chi connectivity index (χ2v) is 6.09. The minimum atomic E-state index is -0.735. The van der Waals surface area contributed by atoms with Crippen LogP contribution in [0.3, 0.4) is 0 Å². The standard InChI is InChI=1S/C19H22N4O2/c1-12-6-3-4-8-14(12)16(24)10-20-19(25)21-11-17-22-15-9-5-7-13(2)18(15)23-17/h3-9,16,24H,10-11H2,1-2H3,(H,22,23)(H2,20,21,25). The molecule has 6 nitrogen and oxygen atoms in total. The van der Waals surface area contributed by atoms with E-state index in [9.17, 15) is 9.90 Å². The Kier molecular flexibility index (Phi) is 5.00. The summed E-state index contributed by atoms with van der Waals surface area (Å²) in [7, 11) is 0. The molecule has 1 heterocycles. The summed E-state index contributed by atoms with van der Waals surface area (Å²) in [5.41, 5.74) is 4.76. The van der Waals surface area contributed by atoms with Crippen LogP contribution in [-0.2, 0) is 6.54 Å². The Balaban J connectivity index is 1.52. The number of urea groups is 1. The number of benzene rings is 2. The second kappa shape index (κ2) is 7.36. The summed E-state index contributed by atoms with van der Waals surface area (Å²) in [5, 5.41) is 15.6. The molecule has 6 heteroatoms. The minimum Gasteiger partial charge on any atom is -0.387 e. The van der Waals surface area contributed by atoms with Gasteiger partial charge in [-0.05, 0) is 36.6 Å². The smallest absolute Gasteiger partial charge is 0.315 e. The Hall–Kier alpha value is -2.86. The van der Waals surface area contributed by atoms with Gasteiger partial charge in [-0.2, -0.15) is 0 Å². The van der Waals surface area contributed by atoms with E-state index in [1.165, 1.54) is 0 Å². The Morgan fingerprint density at radius 1 is 1.12 bits per heavy atom. The molecule has 0 aliphatic heterocycles. The number of imidazole rings is 1. The molecule has 25 heavy (non-hydrogen) atoms. The van der Waals surface area contributed by atoms with Gasteiger partial charge in [-0.1, -0.05) is 36.4 Å². The molecule has 0 fully saturated rings. The maximum Gasteiger partial charge on any atom is 0.315 e. The third-order valence-corrected chi connectivity index (χ3v) is 4.18. The number of aromatic nitrogens is 2. The molecule has 2 aromatic carbocycles. The van der Waals surface area contributed by atoms with E-state index in [1.807, 2.05) is 56.3 Å². The van der Waals surface area contributed by atoms with Crippen molar-refractivity contribution in [2.75, 3.05) is 6.54 Å². The van der Waals surface area contributed by atoms with Gasteiger partial charge in [-0.3, -0.25) is 0 Å². The molecule has 3 aromatic rings. The molecular formula is C19H22N4O2. The maximum absolute atomic E-state index is 11.9. The van der Waals surface area contributed by atoms with Crippen LogP contribution in [0.4, 0.5) is 4.79 Å². The van der Waals surface area contributed by atoms with Gasteiger partial charge in [0.1, 0.15) is 5.82 Å². The van der Waals surface area contributed by atoms with Crippen LogP contribution >= 0.6 is 0 Å². The van der Waals surface area contributed by atoms with Gasteiger partial charge in [0, 0.05) is 6.54 Å². The average Bonchev–Trinajstić information content (AvgIpc) is 3.03. The number of hydrogen-bond acceptors (Lipinski definition) is 3. The molecule has 4 N–H and O–H groups in total. The van der Waals surface area contributed by atoms with Crippen LogP contribution in [0.1, 0.15) is 28.6 Å². The highest BCUT2D eigenvalue weighted by Crippen LogP contribution is 2.16. The van der Waals surface area contributed by atoms with Gasteiger partial charge in [-0.15, -0.1) is 0 Å². The summed E-state index contributed by atoms with van der Waals surface area (Å²) in [6, 6.07) is 13.2. The summed E-state index contributed by atoms with van der Waals surface area (Å²) in [4.78, 5) is 19.6. The number of aliphatic hydroxyl groups is 1. The first kappa shape index (κ1) is 17.0. The van der Waals surface area contributed by atoms with E-state index in [4.69, 9.17) is 0 Å². The van der Waals surface area contributed by atoms with Crippen LogP contribution in [-0.4, -0.2) is 27.7 Å². The number of aryl methyl sites for hydroxylation is 2. The van der Waals surface area contributed by atoms with Crippen molar-refractivity contribution in [3.8, 4) is 0 Å². The summed E-state index contributed by atoms with van der Waals surface area (Å²) in [6.45, 7) is 4.37. The highest BCUT2D eigenvalue weighted by atomic mass is 16.3. The van der Waals surface area contributed by atoms with E-state index in [1.54, 1.807) is 0 Å². The molecule has 0 bridgehead atoms. The number of H-pyrrole nitrogens is 1. The summed E-state index contributed by atoms with van der Waals surface area (Å²) in [5.74, 6) is 0.693. The van der Waals surface area contributed by atoms with Crippen LogP contribution < -0.4 is 10.6 Å². The van der Waals surface area contributed by atoms with Gasteiger partial charge in [0.15, 0.2) is 0 Å². The normalized spacial score (nSPS) is 12.1. The molecule has 0 saturated heterocycles. The fourth-order valence-electron chi connectivity index (χ4n) is 2.80. The van der Waals surface area contributed by atoms with Crippen molar-refractivity contribution in [2.24, 2.45) is 0 Å². The van der Waals surface area contributed by atoms with Crippen LogP contribution in [0, 0.1) is 13.8 Å². The largest absolute Gasteiger partial charge is 0.387 e. The van der Waals surface area contributed by atoms with Gasteiger partial charge < -0.3 is 20.7 Å². The maximum atomic E-state index is 11.9. The number of fused-ring (bicyclic) bond motifs is 1. The molecule has 0 radical (unpaired) electrons. The van der Waals surface area contributed by atoms with Crippen LogP contribution in [0.5, 0.6) is 0 Å². The third-order valence-electron chi connectivity index (χ3n) is 4.18. The number of aliphatic hydroxyl groups excluding tert-OH is 1. The highest BCUT2D eigenvalue weighted by Gasteiger charge is 2.12. The van der Waals surface area contributed by atoms with Crippen LogP contribution in [0.2, 0.25) is 0 Å². The summed E-state index contributed by atoms with van der Waals surface area (Å²) in [6.07, 6.45) is -0.735. The number of aromatic amines is 1. The minimum absolute atomic E-state index is 0.149. The Morgan fingerprint density at radius 2 is 1.88 bits per heavy atom. The fourth-order valence-corrected chi connectivity index (χ4v) is 2.80. The summed E-state index contributed by atoms with van der Waals surface area (Å²) < 4.78 is 0. The molecule has 2 amide bonds. The van der Waals surface area contributed by atoms with Gasteiger partial charge in [0.2, 0.25) is 0 Å². The molecule has 0 spiro atoms. The Bertz CT molecular complexity index is 888. The van der Waals surface area contributed by atoms with E-state index in [2.05, 4.69) is 20.6 Å². The predicted octanol–water partition coefficient (Wildman–Crippen LogP) is 2.71. The number of rotatable bonds is 5. The number of nitrogens with one attached hydrogen (secondary N) is 3. The first-order valence-electron chi connectivity index (χ1n) is 8.24. The van der Waals surface area contributed by atoms with Crippen molar-refractivity contribution >= 4 is 17.1 Å². The lowest BCUT2D eigenvalue weighted by atomic mass is 10.0. The molecule has 0 aliphatic rings. The van der Waals surface area contributed by atoms with Crippen molar-refractivity contribution in [3.63, 3.8) is 0 Å². The second-order valence-electron chi connectivity index (χ2n) is 6.09. The zero-order valence-electron chi connectivity index (χ0n) is 14.3. The summed E-state index contributed by atoms with van der Waals surface area (Å²) >= 11 is 0. The zero-order chi connectivity index (χ0) is 17.8. The number of hydrogen-bond donors (Lipinski definition) is 4. The predicted molar refractivity (Wildman–Crippen MR) is 97.2 cm³/mol. The average molecular weight is 338 g/mol. The zero-order valence-corrected chi connectivity index (χ0v) is 14.3. The SMILES string of the molecule is Cc1ccccc1C(O)CNC(=O)NCc1nc2c(C)cccc2[nH]1. The van der Waals surface area contributed by atoms with Gasteiger partial charge in [0.25, 0.3) is 0 Å². The van der Waals surface area contributed by atoms with E-state index < -0.39 is 6.10 Å². The van der Waals surface area contributed by atoms with Crippen molar-refractivity contribution in [2.45, 2.75) is 26.5 Å². The lowest BCUT2D eigenvalue weighted by Crippen LogP contribution is -2.37. The first-order chi connectivity index (χ1) is 12.0. The van der Waals surface area contributed by atoms with Crippen molar-refractivity contribution < 1.29 is 9.90 Å². The molecule has 1 aromatic heterocycles. The number of carbonyl (C=O) groups is 1. The lowest BCUT2D eigenvalue weighted by Gasteiger charge is -2.14. The van der Waals surface area contributed by atoms with E-state index in [0.29, 0.717) is 12.4 Å². The molecular weight excluding hydrogens is 316 g/mol. The van der Waals surface area contributed by atoms with Gasteiger partial charge in [0.05, 0.1) is 23.7 Å². The number of carbonyl (C=O) groups excluding carboxylic acids is 1. The fraction of sp³-hybridized carbons (Fsp3) is 0.263. The number of para-hydroxylation sites is 1. The van der Waals surface area contributed by atoms with Crippen LogP contribution in [0.25, 0.3) is 11.0 Å². The van der Waals surface area contributed by atoms with E-state index in [-0.39, 0.29) is 12.6 Å². The molecule has 3 rings (SSSR count). The molecule has 1 atom stereocenters. The highest BCUT2D eigenvalue weighted by molar-refractivity contribution is 5.78. The van der Waals surface area contributed by atoms with Crippen molar-refractivity contribution in [1.29, 1.82) is 0 Å².